The highest BCUT2D eigenvalue weighted by atomic mass is 16.6. The number of hydrogen-bond donors (Lipinski definition) is 0. The lowest BCUT2D eigenvalue weighted by molar-refractivity contribution is -0.163. The van der Waals surface area contributed by atoms with Gasteiger partial charge in [0.1, 0.15) is 5.75 Å². The Kier molecular flexibility index (Phi) is 7.21. The molecule has 0 fully saturated rings. The van der Waals surface area contributed by atoms with E-state index in [9.17, 15) is 19.2 Å². The van der Waals surface area contributed by atoms with Crippen LogP contribution in [-0.2, 0) is 33.3 Å². The molecule has 0 N–H and O–H groups in total. The lowest BCUT2D eigenvalue weighted by Crippen LogP contribution is -2.37. The predicted molar refractivity (Wildman–Crippen MR) is 77.2 cm³/mol. The molecule has 0 aliphatic rings. The van der Waals surface area contributed by atoms with Gasteiger partial charge in [0.15, 0.2) is 6.61 Å². The summed E-state index contributed by atoms with van der Waals surface area (Å²) in [6, 6.07) is 5.35. The summed E-state index contributed by atoms with van der Waals surface area (Å²) in [4.78, 5) is 45.6. The summed E-state index contributed by atoms with van der Waals surface area (Å²) in [6.45, 7) is -0.514. The highest BCUT2D eigenvalue weighted by molar-refractivity contribution is 5.98. The van der Waals surface area contributed by atoms with Crippen molar-refractivity contribution in [2.45, 2.75) is 6.10 Å². The average Bonchev–Trinajstić information content (AvgIpc) is 2.62. The van der Waals surface area contributed by atoms with E-state index in [0.29, 0.717) is 0 Å². The molecule has 0 bridgehead atoms. The molecule has 0 unspecified atom stereocenters. The van der Waals surface area contributed by atoms with Gasteiger partial charge in [-0.1, -0.05) is 0 Å². The standard InChI is InChI=1S/C15H16O9/c1-20-11(16)8-23-13(17)9-4-6-10(7-5-9)24-12(14(18)21-2)15(19)22-3/h4-7,12H,8H2,1-3H3. The van der Waals surface area contributed by atoms with Crippen molar-refractivity contribution in [3.63, 3.8) is 0 Å². The van der Waals surface area contributed by atoms with E-state index in [-0.39, 0.29) is 11.3 Å². The van der Waals surface area contributed by atoms with Crippen LogP contribution in [0.3, 0.4) is 0 Å². The maximum atomic E-state index is 11.7. The molecule has 0 atom stereocenters. The molecule has 1 aromatic carbocycles. The lowest BCUT2D eigenvalue weighted by atomic mass is 10.2. The summed E-state index contributed by atoms with van der Waals surface area (Å²) >= 11 is 0. The second kappa shape index (κ2) is 9.13. The van der Waals surface area contributed by atoms with E-state index in [2.05, 4.69) is 14.2 Å². The summed E-state index contributed by atoms with van der Waals surface area (Å²) in [6.07, 6.45) is -1.59. The minimum atomic E-state index is -1.59. The third-order valence-electron chi connectivity index (χ3n) is 2.72. The van der Waals surface area contributed by atoms with Crippen LogP contribution in [0.1, 0.15) is 10.4 Å². The van der Waals surface area contributed by atoms with Gasteiger partial charge in [-0.3, -0.25) is 0 Å². The zero-order valence-corrected chi connectivity index (χ0v) is 13.3. The number of carbonyl (C=O) groups excluding carboxylic acids is 4. The number of hydrogen-bond acceptors (Lipinski definition) is 9. The Hall–Kier alpha value is -3.10. The fourth-order valence-corrected chi connectivity index (χ4v) is 1.48. The Morgan fingerprint density at radius 1 is 0.875 bits per heavy atom. The monoisotopic (exact) mass is 340 g/mol. The quantitative estimate of drug-likeness (QED) is 0.387. The molecule has 0 saturated heterocycles. The summed E-state index contributed by atoms with van der Waals surface area (Å²) < 4.78 is 23.2. The van der Waals surface area contributed by atoms with Crippen LogP contribution in [0.15, 0.2) is 24.3 Å². The Labute approximate surface area is 137 Å². The number of ether oxygens (including phenoxy) is 5. The van der Waals surface area contributed by atoms with Crippen molar-refractivity contribution in [3.8, 4) is 5.75 Å². The van der Waals surface area contributed by atoms with Crippen molar-refractivity contribution in [3.05, 3.63) is 29.8 Å². The first-order valence-corrected chi connectivity index (χ1v) is 6.59. The van der Waals surface area contributed by atoms with E-state index >= 15 is 0 Å². The molecule has 0 saturated carbocycles. The Bertz CT molecular complexity index is 590. The predicted octanol–water partition coefficient (Wildman–Crippen LogP) is 0.110. The SMILES string of the molecule is COC(=O)COC(=O)c1ccc(OC(C(=O)OC)C(=O)OC)cc1. The highest BCUT2D eigenvalue weighted by Crippen LogP contribution is 2.15. The fraction of sp³-hybridized carbons (Fsp3) is 0.333. The lowest BCUT2D eigenvalue weighted by Gasteiger charge is -2.14. The molecule has 9 nitrogen and oxygen atoms in total. The van der Waals surface area contributed by atoms with Crippen LogP contribution in [0.5, 0.6) is 5.75 Å². The van der Waals surface area contributed by atoms with Crippen LogP contribution < -0.4 is 4.74 Å². The Balaban J connectivity index is 2.75. The Morgan fingerprint density at radius 3 is 1.88 bits per heavy atom. The van der Waals surface area contributed by atoms with E-state index in [1.54, 1.807) is 0 Å². The van der Waals surface area contributed by atoms with Gasteiger partial charge in [-0.2, -0.15) is 0 Å². The molecule has 9 heteroatoms. The molecule has 0 heterocycles. The number of rotatable bonds is 7. The molecule has 1 rings (SSSR count). The van der Waals surface area contributed by atoms with Gasteiger partial charge < -0.3 is 23.7 Å². The summed E-state index contributed by atoms with van der Waals surface area (Å²) in [7, 11) is 3.37. The van der Waals surface area contributed by atoms with Crippen LogP contribution in [-0.4, -0.2) is 57.9 Å². The molecule has 24 heavy (non-hydrogen) atoms. The summed E-state index contributed by atoms with van der Waals surface area (Å²) in [5.41, 5.74) is 0.138. The molecule has 0 spiro atoms. The molecule has 0 aromatic heterocycles. The van der Waals surface area contributed by atoms with Gasteiger partial charge in [-0.05, 0) is 24.3 Å². The molecular formula is C15H16O9. The first-order valence-electron chi connectivity index (χ1n) is 6.59. The smallest absolute Gasteiger partial charge is 0.359 e. The molecule has 0 aliphatic heterocycles. The number of benzene rings is 1. The first-order chi connectivity index (χ1) is 11.4. The van der Waals surface area contributed by atoms with E-state index < -0.39 is 36.6 Å². The molecule has 1 aromatic rings. The van der Waals surface area contributed by atoms with Crippen LogP contribution >= 0.6 is 0 Å². The number of methoxy groups -OCH3 is 3. The number of carbonyl (C=O) groups is 4. The van der Waals surface area contributed by atoms with Crippen LogP contribution in [0.4, 0.5) is 0 Å². The average molecular weight is 340 g/mol. The zero-order chi connectivity index (χ0) is 18.1. The summed E-state index contributed by atoms with van der Waals surface area (Å²) in [5, 5.41) is 0. The van der Waals surface area contributed by atoms with Crippen LogP contribution in [0.25, 0.3) is 0 Å². The van der Waals surface area contributed by atoms with Crippen molar-refractivity contribution >= 4 is 23.9 Å². The van der Waals surface area contributed by atoms with Crippen molar-refractivity contribution < 1.29 is 42.9 Å². The molecule has 0 amide bonds. The highest BCUT2D eigenvalue weighted by Gasteiger charge is 2.31. The minimum Gasteiger partial charge on any atom is -0.467 e. The van der Waals surface area contributed by atoms with Gasteiger partial charge in [-0.25, -0.2) is 19.2 Å². The van der Waals surface area contributed by atoms with Crippen molar-refractivity contribution in [2.24, 2.45) is 0 Å². The topological polar surface area (TPSA) is 114 Å². The molecule has 130 valence electrons. The van der Waals surface area contributed by atoms with E-state index in [0.717, 1.165) is 14.2 Å². The largest absolute Gasteiger partial charge is 0.467 e. The van der Waals surface area contributed by atoms with E-state index in [1.807, 2.05) is 0 Å². The van der Waals surface area contributed by atoms with Gasteiger partial charge in [0, 0.05) is 0 Å². The van der Waals surface area contributed by atoms with E-state index in [1.165, 1.54) is 31.4 Å². The zero-order valence-electron chi connectivity index (χ0n) is 13.3. The second-order valence-corrected chi connectivity index (χ2v) is 4.22. The second-order valence-electron chi connectivity index (χ2n) is 4.22. The summed E-state index contributed by atoms with van der Waals surface area (Å²) in [5.74, 6) is -3.17. The fourth-order valence-electron chi connectivity index (χ4n) is 1.48. The van der Waals surface area contributed by atoms with Gasteiger partial charge in [0.25, 0.3) is 6.10 Å². The van der Waals surface area contributed by atoms with Crippen molar-refractivity contribution in [1.82, 2.24) is 0 Å². The Morgan fingerprint density at radius 2 is 1.42 bits per heavy atom. The van der Waals surface area contributed by atoms with Gasteiger partial charge in [-0.15, -0.1) is 0 Å². The van der Waals surface area contributed by atoms with Crippen LogP contribution in [0, 0.1) is 0 Å². The molecular weight excluding hydrogens is 324 g/mol. The molecule has 0 aliphatic carbocycles. The van der Waals surface area contributed by atoms with Gasteiger partial charge in [0.05, 0.1) is 26.9 Å². The maximum absolute atomic E-state index is 11.7. The maximum Gasteiger partial charge on any atom is 0.359 e. The van der Waals surface area contributed by atoms with Crippen LogP contribution in [0.2, 0.25) is 0 Å². The third kappa shape index (κ3) is 5.27. The van der Waals surface area contributed by atoms with Gasteiger partial charge >= 0.3 is 23.9 Å². The minimum absolute atomic E-state index is 0.125. The molecule has 0 radical (unpaired) electrons. The van der Waals surface area contributed by atoms with Crippen molar-refractivity contribution in [1.29, 1.82) is 0 Å². The van der Waals surface area contributed by atoms with Crippen molar-refractivity contribution in [2.75, 3.05) is 27.9 Å². The first kappa shape index (κ1) is 18.9. The normalized spacial score (nSPS) is 9.83. The van der Waals surface area contributed by atoms with Gasteiger partial charge in [0.2, 0.25) is 0 Å². The number of esters is 4. The third-order valence-corrected chi connectivity index (χ3v) is 2.72. The van der Waals surface area contributed by atoms with E-state index in [4.69, 9.17) is 9.47 Å².